The standard InChI is InChI=1S/C19H16F3N3O/c1-25-16-8-3-2-7-15(16)24-17(25)12-23-18(26)10-9-13-5-4-6-14(11-13)19(20,21)22/h2-11H,12H2,1H3,(H,23,26)/b10-9+. The summed E-state index contributed by atoms with van der Waals surface area (Å²) in [5.41, 5.74) is 1.34. The van der Waals surface area contributed by atoms with Crippen molar-refractivity contribution >= 4 is 23.0 Å². The summed E-state index contributed by atoms with van der Waals surface area (Å²) in [5, 5.41) is 2.68. The molecule has 0 saturated heterocycles. The number of aryl methyl sites for hydroxylation is 1. The Balaban J connectivity index is 1.65. The van der Waals surface area contributed by atoms with Crippen LogP contribution in [0.2, 0.25) is 0 Å². The smallest absolute Gasteiger partial charge is 0.345 e. The highest BCUT2D eigenvalue weighted by molar-refractivity contribution is 5.91. The van der Waals surface area contributed by atoms with E-state index in [1.807, 2.05) is 35.9 Å². The fourth-order valence-corrected chi connectivity index (χ4v) is 2.57. The van der Waals surface area contributed by atoms with Gasteiger partial charge in [-0.2, -0.15) is 13.2 Å². The third-order valence-corrected chi connectivity index (χ3v) is 3.94. The first-order valence-electron chi connectivity index (χ1n) is 7.88. The van der Waals surface area contributed by atoms with Crippen LogP contribution in [0.5, 0.6) is 0 Å². The second kappa shape index (κ2) is 7.03. The Kier molecular flexibility index (Phi) is 4.79. The predicted octanol–water partition coefficient (Wildman–Crippen LogP) is 3.92. The minimum atomic E-state index is -4.41. The van der Waals surface area contributed by atoms with Crippen LogP contribution in [0.15, 0.2) is 54.6 Å². The van der Waals surface area contributed by atoms with E-state index in [9.17, 15) is 18.0 Å². The number of benzene rings is 2. The molecule has 0 radical (unpaired) electrons. The lowest BCUT2D eigenvalue weighted by Crippen LogP contribution is -2.22. The van der Waals surface area contributed by atoms with E-state index in [0.717, 1.165) is 23.2 Å². The van der Waals surface area contributed by atoms with Crippen molar-refractivity contribution in [3.05, 3.63) is 71.6 Å². The molecule has 0 spiro atoms. The highest BCUT2D eigenvalue weighted by Crippen LogP contribution is 2.29. The number of imidazole rings is 1. The predicted molar refractivity (Wildman–Crippen MR) is 93.0 cm³/mol. The Morgan fingerprint density at radius 1 is 1.19 bits per heavy atom. The van der Waals surface area contributed by atoms with E-state index in [-0.39, 0.29) is 6.54 Å². The molecule has 26 heavy (non-hydrogen) atoms. The zero-order valence-electron chi connectivity index (χ0n) is 13.9. The average Bonchev–Trinajstić information content (AvgIpc) is 2.94. The maximum Gasteiger partial charge on any atom is 0.416 e. The van der Waals surface area contributed by atoms with Gasteiger partial charge in [-0.15, -0.1) is 0 Å². The van der Waals surface area contributed by atoms with E-state index in [4.69, 9.17) is 0 Å². The third kappa shape index (κ3) is 3.93. The van der Waals surface area contributed by atoms with Gasteiger partial charge in [0.25, 0.3) is 0 Å². The second-order valence-electron chi connectivity index (χ2n) is 5.75. The van der Waals surface area contributed by atoms with Gasteiger partial charge in [-0.05, 0) is 35.9 Å². The van der Waals surface area contributed by atoms with Gasteiger partial charge in [-0.25, -0.2) is 4.98 Å². The molecule has 0 aliphatic rings. The van der Waals surface area contributed by atoms with Crippen LogP contribution in [0.3, 0.4) is 0 Å². The minimum Gasteiger partial charge on any atom is -0.345 e. The summed E-state index contributed by atoms with van der Waals surface area (Å²) in [6.07, 6.45) is -1.86. The van der Waals surface area contributed by atoms with E-state index in [0.29, 0.717) is 11.4 Å². The number of carbonyl (C=O) groups is 1. The van der Waals surface area contributed by atoms with Crippen LogP contribution in [0.4, 0.5) is 13.2 Å². The molecular weight excluding hydrogens is 343 g/mol. The highest BCUT2D eigenvalue weighted by Gasteiger charge is 2.30. The molecule has 0 aliphatic carbocycles. The van der Waals surface area contributed by atoms with Crippen molar-refractivity contribution in [2.24, 2.45) is 7.05 Å². The molecule has 7 heteroatoms. The van der Waals surface area contributed by atoms with Gasteiger partial charge in [0.15, 0.2) is 0 Å². The number of halogens is 3. The summed E-state index contributed by atoms with van der Waals surface area (Å²) in [6, 6.07) is 12.4. The van der Waals surface area contributed by atoms with Crippen LogP contribution in [-0.2, 0) is 24.6 Å². The minimum absolute atomic E-state index is 0.219. The van der Waals surface area contributed by atoms with Crippen LogP contribution in [0, 0.1) is 0 Å². The summed E-state index contributed by atoms with van der Waals surface area (Å²) < 4.78 is 39.9. The lowest BCUT2D eigenvalue weighted by molar-refractivity contribution is -0.137. The SMILES string of the molecule is Cn1c(CNC(=O)/C=C/c2cccc(C(F)(F)F)c2)nc2ccccc21. The molecular formula is C19H16F3N3O. The van der Waals surface area contributed by atoms with Gasteiger partial charge in [0, 0.05) is 13.1 Å². The fourth-order valence-electron chi connectivity index (χ4n) is 2.57. The summed E-state index contributed by atoms with van der Waals surface area (Å²) >= 11 is 0. The van der Waals surface area contributed by atoms with Crippen LogP contribution in [-0.4, -0.2) is 15.5 Å². The van der Waals surface area contributed by atoms with Crippen LogP contribution in [0.25, 0.3) is 17.1 Å². The van der Waals surface area contributed by atoms with Gasteiger partial charge < -0.3 is 9.88 Å². The van der Waals surface area contributed by atoms with Crippen molar-refractivity contribution in [3.8, 4) is 0 Å². The maximum absolute atomic E-state index is 12.7. The first-order chi connectivity index (χ1) is 12.3. The molecule has 1 amide bonds. The quantitative estimate of drug-likeness (QED) is 0.718. The molecule has 0 bridgehead atoms. The molecule has 4 nitrogen and oxygen atoms in total. The Labute approximate surface area is 148 Å². The van der Waals surface area contributed by atoms with Gasteiger partial charge in [-0.1, -0.05) is 24.3 Å². The van der Waals surface area contributed by atoms with Crippen molar-refractivity contribution in [3.63, 3.8) is 0 Å². The molecule has 0 atom stereocenters. The number of fused-ring (bicyclic) bond motifs is 1. The van der Waals surface area contributed by atoms with E-state index in [2.05, 4.69) is 10.3 Å². The van der Waals surface area contributed by atoms with Crippen molar-refractivity contribution in [2.45, 2.75) is 12.7 Å². The molecule has 0 unspecified atom stereocenters. The number of aromatic nitrogens is 2. The number of nitrogens with zero attached hydrogens (tertiary/aromatic N) is 2. The summed E-state index contributed by atoms with van der Waals surface area (Å²) in [6.45, 7) is 0.219. The molecule has 3 rings (SSSR count). The normalized spacial score (nSPS) is 12.0. The number of alkyl halides is 3. The highest BCUT2D eigenvalue weighted by atomic mass is 19.4. The number of carbonyl (C=O) groups excluding carboxylic acids is 1. The Hall–Kier alpha value is -3.09. The average molecular weight is 359 g/mol. The first kappa shape index (κ1) is 17.7. The molecule has 0 fully saturated rings. The maximum atomic E-state index is 12.7. The third-order valence-electron chi connectivity index (χ3n) is 3.94. The molecule has 1 heterocycles. The Bertz CT molecular complexity index is 974. The van der Waals surface area contributed by atoms with Gasteiger partial charge in [-0.3, -0.25) is 4.79 Å². The topological polar surface area (TPSA) is 46.9 Å². The molecule has 0 aliphatic heterocycles. The van der Waals surface area contributed by atoms with Crippen LogP contribution < -0.4 is 5.32 Å². The lowest BCUT2D eigenvalue weighted by Gasteiger charge is -2.06. The van der Waals surface area contributed by atoms with E-state index in [1.165, 1.54) is 24.3 Å². The van der Waals surface area contributed by atoms with E-state index < -0.39 is 17.6 Å². The zero-order chi connectivity index (χ0) is 18.7. The van der Waals surface area contributed by atoms with E-state index >= 15 is 0 Å². The van der Waals surface area contributed by atoms with Crippen LogP contribution >= 0.6 is 0 Å². The number of nitrogens with one attached hydrogen (secondary N) is 1. The summed E-state index contributed by atoms with van der Waals surface area (Å²) in [4.78, 5) is 16.4. The monoisotopic (exact) mass is 359 g/mol. The molecule has 1 N–H and O–H groups in total. The molecule has 2 aromatic carbocycles. The van der Waals surface area contributed by atoms with Gasteiger partial charge in [0.2, 0.25) is 5.91 Å². The first-order valence-corrected chi connectivity index (χ1v) is 7.88. The van der Waals surface area contributed by atoms with Gasteiger partial charge in [0.1, 0.15) is 5.82 Å². The van der Waals surface area contributed by atoms with Gasteiger partial charge >= 0.3 is 6.18 Å². The number of amides is 1. The van der Waals surface area contributed by atoms with Crippen molar-refractivity contribution in [2.75, 3.05) is 0 Å². The lowest BCUT2D eigenvalue weighted by atomic mass is 10.1. The summed E-state index contributed by atoms with van der Waals surface area (Å²) in [5.74, 6) is 0.279. The number of hydrogen-bond acceptors (Lipinski definition) is 2. The molecule has 3 aromatic rings. The summed E-state index contributed by atoms with van der Waals surface area (Å²) in [7, 11) is 1.86. The largest absolute Gasteiger partial charge is 0.416 e. The van der Waals surface area contributed by atoms with Crippen molar-refractivity contribution < 1.29 is 18.0 Å². The molecule has 1 aromatic heterocycles. The Morgan fingerprint density at radius 3 is 2.69 bits per heavy atom. The number of para-hydroxylation sites is 2. The number of rotatable bonds is 4. The zero-order valence-corrected chi connectivity index (χ0v) is 13.9. The van der Waals surface area contributed by atoms with Crippen LogP contribution in [0.1, 0.15) is 17.0 Å². The Morgan fingerprint density at radius 2 is 1.96 bits per heavy atom. The van der Waals surface area contributed by atoms with E-state index in [1.54, 1.807) is 0 Å². The fraction of sp³-hybridized carbons (Fsp3) is 0.158. The van der Waals surface area contributed by atoms with Crippen molar-refractivity contribution in [1.29, 1.82) is 0 Å². The molecule has 0 saturated carbocycles. The second-order valence-corrected chi connectivity index (χ2v) is 5.75. The number of hydrogen-bond donors (Lipinski definition) is 1. The van der Waals surface area contributed by atoms with Crippen molar-refractivity contribution in [1.82, 2.24) is 14.9 Å². The van der Waals surface area contributed by atoms with Gasteiger partial charge in [0.05, 0.1) is 23.1 Å². The molecule has 134 valence electrons.